The molecule has 210 valence electrons. The van der Waals surface area contributed by atoms with E-state index in [9.17, 15) is 27.6 Å². The van der Waals surface area contributed by atoms with Crippen molar-refractivity contribution in [2.45, 2.75) is 57.9 Å². The van der Waals surface area contributed by atoms with Crippen molar-refractivity contribution in [1.29, 1.82) is 5.41 Å². The van der Waals surface area contributed by atoms with Crippen LogP contribution in [0.4, 0.5) is 22.8 Å². The number of carbonyl (C=O) groups excluding carboxylic acids is 3. The van der Waals surface area contributed by atoms with Gasteiger partial charge >= 0.3 is 18.4 Å². The quantitative estimate of drug-likeness (QED) is 0.384. The molecular formula is C27H31F3N4O5. The highest BCUT2D eigenvalue weighted by atomic mass is 19.4. The van der Waals surface area contributed by atoms with Crippen molar-refractivity contribution in [2.24, 2.45) is 5.73 Å². The molecule has 0 unspecified atom stereocenters. The molecule has 0 bridgehead atoms. The third-order valence-electron chi connectivity index (χ3n) is 6.03. The first kappa shape index (κ1) is 29.5. The summed E-state index contributed by atoms with van der Waals surface area (Å²) in [6, 6.07) is 12.6. The van der Waals surface area contributed by atoms with Crippen LogP contribution < -0.4 is 5.73 Å². The van der Waals surface area contributed by atoms with E-state index < -0.39 is 52.9 Å². The summed E-state index contributed by atoms with van der Waals surface area (Å²) in [5, 5.41) is 7.65. The fourth-order valence-electron chi connectivity index (χ4n) is 4.31. The molecule has 1 fully saturated rings. The number of guanidine groups is 1. The molecule has 39 heavy (non-hydrogen) atoms. The van der Waals surface area contributed by atoms with Gasteiger partial charge in [0.2, 0.25) is 5.96 Å². The highest BCUT2D eigenvalue weighted by molar-refractivity contribution is 6.15. The number of piperidine rings is 1. The number of amides is 3. The molecule has 3 amide bonds. The second-order valence-corrected chi connectivity index (χ2v) is 10.1. The predicted octanol–water partition coefficient (Wildman–Crippen LogP) is 5.49. The van der Waals surface area contributed by atoms with Crippen molar-refractivity contribution in [3.63, 3.8) is 0 Å². The number of nitrogens with zero attached hydrogens (tertiary/aromatic N) is 2. The Morgan fingerprint density at radius 2 is 1.64 bits per heavy atom. The Labute approximate surface area is 224 Å². The summed E-state index contributed by atoms with van der Waals surface area (Å²) in [6.45, 7) is 4.89. The molecule has 0 aromatic heterocycles. The van der Waals surface area contributed by atoms with Crippen LogP contribution in [-0.2, 0) is 22.3 Å². The van der Waals surface area contributed by atoms with Crippen molar-refractivity contribution in [3.05, 3.63) is 70.8 Å². The SMILES string of the molecule is CC(C)(C)OC(=O)N(C(=N)N)C(=O)c1cccc(C2CCN(C(=O)OCc3ccccc3)CC2)c1C(F)(F)F. The van der Waals surface area contributed by atoms with Crippen LogP contribution in [0.2, 0.25) is 0 Å². The molecule has 0 atom stereocenters. The molecule has 1 aliphatic rings. The van der Waals surface area contributed by atoms with Gasteiger partial charge in [-0.25, -0.2) is 9.59 Å². The minimum absolute atomic E-state index is 0.0744. The predicted molar refractivity (Wildman–Crippen MR) is 136 cm³/mol. The Hall–Kier alpha value is -4.09. The largest absolute Gasteiger partial charge is 0.445 e. The van der Waals surface area contributed by atoms with Gasteiger partial charge in [-0.15, -0.1) is 0 Å². The third kappa shape index (κ3) is 7.49. The minimum Gasteiger partial charge on any atom is -0.445 e. The molecule has 0 spiro atoms. The van der Waals surface area contributed by atoms with E-state index in [0.29, 0.717) is 0 Å². The number of imide groups is 1. The fraction of sp³-hybridized carbons (Fsp3) is 0.407. The maximum atomic E-state index is 14.4. The van der Waals surface area contributed by atoms with Crippen molar-refractivity contribution >= 4 is 24.1 Å². The molecule has 1 saturated heterocycles. The standard InChI is InChI=1S/C27H31F3N4O5/c1-26(2,3)39-25(37)34(23(31)32)22(35)20-11-7-10-19(21(20)27(28,29)30)18-12-14-33(15-13-18)24(36)38-16-17-8-5-4-6-9-17/h4-11,18H,12-16H2,1-3H3,(H3,31,32). The highest BCUT2D eigenvalue weighted by Crippen LogP contribution is 2.41. The van der Waals surface area contributed by atoms with Gasteiger partial charge in [0.15, 0.2) is 0 Å². The maximum absolute atomic E-state index is 14.4. The minimum atomic E-state index is -4.95. The molecule has 1 aliphatic heterocycles. The van der Waals surface area contributed by atoms with Gasteiger partial charge in [-0.05, 0) is 56.7 Å². The van der Waals surface area contributed by atoms with E-state index in [1.807, 2.05) is 30.3 Å². The van der Waals surface area contributed by atoms with E-state index in [4.69, 9.17) is 20.6 Å². The zero-order valence-electron chi connectivity index (χ0n) is 21.9. The number of hydrogen-bond donors (Lipinski definition) is 2. The number of likely N-dealkylation sites (tertiary alicyclic amines) is 1. The average Bonchev–Trinajstić information content (AvgIpc) is 2.85. The molecule has 9 nitrogen and oxygen atoms in total. The molecule has 3 rings (SSSR count). The zero-order chi connectivity index (χ0) is 29.0. The van der Waals surface area contributed by atoms with Crippen LogP contribution in [0.25, 0.3) is 0 Å². The number of hydrogen-bond acceptors (Lipinski definition) is 6. The van der Waals surface area contributed by atoms with Crippen LogP contribution in [0, 0.1) is 5.41 Å². The van der Waals surface area contributed by atoms with Crippen LogP contribution in [0.3, 0.4) is 0 Å². The summed E-state index contributed by atoms with van der Waals surface area (Å²) >= 11 is 0. The van der Waals surface area contributed by atoms with Crippen molar-refractivity contribution in [2.75, 3.05) is 13.1 Å². The molecule has 0 radical (unpaired) electrons. The summed E-state index contributed by atoms with van der Waals surface area (Å²) in [4.78, 5) is 39.7. The molecule has 2 aromatic rings. The Bertz CT molecular complexity index is 1220. The molecule has 12 heteroatoms. The van der Waals surface area contributed by atoms with Crippen molar-refractivity contribution < 1.29 is 37.0 Å². The first-order chi connectivity index (χ1) is 18.2. The van der Waals surface area contributed by atoms with E-state index in [1.165, 1.54) is 37.8 Å². The summed E-state index contributed by atoms with van der Waals surface area (Å²) in [5.41, 5.74) is 2.94. The number of rotatable bonds is 4. The Kier molecular flexibility index (Phi) is 8.88. The summed E-state index contributed by atoms with van der Waals surface area (Å²) in [5.74, 6) is -3.12. The van der Waals surface area contributed by atoms with Crippen LogP contribution in [0.1, 0.15) is 66.6 Å². The molecule has 0 saturated carbocycles. The molecule has 3 N–H and O–H groups in total. The lowest BCUT2D eigenvalue weighted by Crippen LogP contribution is -2.48. The van der Waals surface area contributed by atoms with Crippen molar-refractivity contribution in [1.82, 2.24) is 9.80 Å². The summed E-state index contributed by atoms with van der Waals surface area (Å²) < 4.78 is 53.5. The van der Waals surface area contributed by atoms with Gasteiger partial charge in [0, 0.05) is 13.1 Å². The van der Waals surface area contributed by atoms with Gasteiger partial charge in [0.1, 0.15) is 12.2 Å². The Morgan fingerprint density at radius 1 is 1.03 bits per heavy atom. The number of benzene rings is 2. The monoisotopic (exact) mass is 548 g/mol. The van der Waals surface area contributed by atoms with E-state index in [2.05, 4.69) is 0 Å². The smallest absolute Gasteiger partial charge is 0.424 e. The van der Waals surface area contributed by atoms with Gasteiger partial charge in [0.05, 0.1) is 11.1 Å². The van der Waals surface area contributed by atoms with Gasteiger partial charge in [0.25, 0.3) is 5.91 Å². The first-order valence-electron chi connectivity index (χ1n) is 12.3. The number of carbonyl (C=O) groups is 3. The topological polar surface area (TPSA) is 126 Å². The maximum Gasteiger partial charge on any atom is 0.424 e. The van der Waals surface area contributed by atoms with E-state index in [-0.39, 0.29) is 43.0 Å². The first-order valence-corrected chi connectivity index (χ1v) is 12.3. The second kappa shape index (κ2) is 11.7. The molecule has 0 aliphatic carbocycles. The number of halogens is 3. The van der Waals surface area contributed by atoms with Crippen LogP contribution >= 0.6 is 0 Å². The lowest BCUT2D eigenvalue weighted by atomic mass is 9.84. The number of nitrogens with one attached hydrogen (secondary N) is 1. The highest BCUT2D eigenvalue weighted by Gasteiger charge is 2.42. The van der Waals surface area contributed by atoms with Gasteiger partial charge in [-0.2, -0.15) is 18.1 Å². The number of nitrogens with two attached hydrogens (primary N) is 1. The van der Waals surface area contributed by atoms with E-state index in [0.717, 1.165) is 11.6 Å². The summed E-state index contributed by atoms with van der Waals surface area (Å²) in [6.07, 6.45) is -6.48. The zero-order valence-corrected chi connectivity index (χ0v) is 21.9. The van der Waals surface area contributed by atoms with Crippen molar-refractivity contribution in [3.8, 4) is 0 Å². The fourth-order valence-corrected chi connectivity index (χ4v) is 4.31. The molecular weight excluding hydrogens is 517 g/mol. The van der Waals surface area contributed by atoms with Gasteiger partial charge in [-0.3, -0.25) is 10.2 Å². The average molecular weight is 549 g/mol. The van der Waals surface area contributed by atoms with Crippen LogP contribution in [0.5, 0.6) is 0 Å². The number of ether oxygens (including phenoxy) is 2. The Morgan fingerprint density at radius 3 is 2.18 bits per heavy atom. The lowest BCUT2D eigenvalue weighted by molar-refractivity contribution is -0.138. The third-order valence-corrected chi connectivity index (χ3v) is 6.03. The second-order valence-electron chi connectivity index (χ2n) is 10.1. The normalized spacial score (nSPS) is 14.5. The molecule has 2 aromatic carbocycles. The van der Waals surface area contributed by atoms with Gasteiger partial charge < -0.3 is 20.1 Å². The molecule has 1 heterocycles. The number of alkyl halides is 3. The van der Waals surface area contributed by atoms with E-state index in [1.54, 1.807) is 0 Å². The van der Waals surface area contributed by atoms with Crippen LogP contribution in [-0.4, -0.2) is 52.5 Å². The van der Waals surface area contributed by atoms with Gasteiger partial charge in [-0.1, -0.05) is 42.5 Å². The summed E-state index contributed by atoms with van der Waals surface area (Å²) in [7, 11) is 0. The van der Waals surface area contributed by atoms with E-state index >= 15 is 0 Å². The lowest BCUT2D eigenvalue weighted by Gasteiger charge is -2.33. The Balaban J connectivity index is 1.82. The van der Waals surface area contributed by atoms with Crippen LogP contribution in [0.15, 0.2) is 48.5 Å².